The molecule has 1 aliphatic rings. The molecule has 1 aromatic heterocycles. The fourth-order valence-corrected chi connectivity index (χ4v) is 4.75. The molecule has 1 aromatic carbocycles. The van der Waals surface area contributed by atoms with Crippen LogP contribution in [0, 0.1) is 11.7 Å². The second-order valence-corrected chi connectivity index (χ2v) is 10.3. The highest BCUT2D eigenvalue weighted by Gasteiger charge is 2.27. The zero-order valence-corrected chi connectivity index (χ0v) is 25.4. The Labute approximate surface area is 256 Å². The summed E-state index contributed by atoms with van der Waals surface area (Å²) in [5, 5.41) is 20.8. The summed E-state index contributed by atoms with van der Waals surface area (Å²) in [5.41, 5.74) is 4.52. The van der Waals surface area contributed by atoms with Gasteiger partial charge in [0.2, 0.25) is 0 Å². The first-order valence-corrected chi connectivity index (χ1v) is 14.5. The minimum absolute atomic E-state index is 0.00109. The number of aromatic nitrogens is 2. The van der Waals surface area contributed by atoms with Crippen molar-refractivity contribution in [3.63, 3.8) is 0 Å². The van der Waals surface area contributed by atoms with E-state index in [0.717, 1.165) is 5.57 Å². The largest absolute Gasteiger partial charge is 0.481 e. The van der Waals surface area contributed by atoms with Crippen LogP contribution in [0.5, 0.6) is 0 Å². The van der Waals surface area contributed by atoms with Gasteiger partial charge in [-0.1, -0.05) is 56.5 Å². The van der Waals surface area contributed by atoms with Crippen molar-refractivity contribution < 1.29 is 24.2 Å². The summed E-state index contributed by atoms with van der Waals surface area (Å²) in [6.07, 6.45) is 16.1. The minimum Gasteiger partial charge on any atom is -0.481 e. The van der Waals surface area contributed by atoms with E-state index in [1.807, 2.05) is 51.2 Å². The Morgan fingerprint density at radius 2 is 1.95 bits per heavy atom. The lowest BCUT2D eigenvalue weighted by atomic mass is 9.98. The molecule has 0 aliphatic carbocycles. The average molecular weight is 602 g/mol. The van der Waals surface area contributed by atoms with E-state index < -0.39 is 17.9 Å². The molecule has 0 saturated carbocycles. The van der Waals surface area contributed by atoms with E-state index in [2.05, 4.69) is 18.6 Å². The van der Waals surface area contributed by atoms with Crippen molar-refractivity contribution in [2.45, 2.75) is 58.6 Å². The number of aryl methyl sites for hydroxylation is 1. The van der Waals surface area contributed by atoms with Gasteiger partial charge >= 0.3 is 5.97 Å². The van der Waals surface area contributed by atoms with Crippen LogP contribution in [-0.2, 0) is 16.1 Å². The maximum absolute atomic E-state index is 13.9. The molecule has 3 rings (SSSR count). The molecule has 2 aromatic rings. The summed E-state index contributed by atoms with van der Waals surface area (Å²) >= 11 is 0. The molecule has 44 heavy (non-hydrogen) atoms. The van der Waals surface area contributed by atoms with Crippen LogP contribution < -0.4 is 21.6 Å². The third kappa shape index (κ3) is 8.72. The molecular weight excluding hydrogens is 561 g/mol. The molecule has 3 atom stereocenters. The van der Waals surface area contributed by atoms with Crippen molar-refractivity contribution in [1.82, 2.24) is 15.0 Å². The van der Waals surface area contributed by atoms with Crippen molar-refractivity contribution in [3.8, 4) is 5.69 Å². The Hall–Kier alpha value is -4.60. The van der Waals surface area contributed by atoms with Crippen LogP contribution in [0.15, 0.2) is 102 Å². The number of hydrogen-bond acceptors (Lipinski definition) is 6. The summed E-state index contributed by atoms with van der Waals surface area (Å²) in [4.78, 5) is 35.4. The monoisotopic (exact) mass is 601 g/mol. The first-order chi connectivity index (χ1) is 21.1. The molecule has 2 heterocycles. The zero-order chi connectivity index (χ0) is 32.2. The van der Waals surface area contributed by atoms with Gasteiger partial charge in [-0.2, -0.15) is 0 Å². The number of aliphatic hydroxyl groups excluding tert-OH is 1. The van der Waals surface area contributed by atoms with Gasteiger partial charge in [-0.25, -0.2) is 9.37 Å². The highest BCUT2D eigenvalue weighted by molar-refractivity contribution is 5.66. The third-order valence-electron chi connectivity index (χ3n) is 7.12. The number of nitrogens with one attached hydrogen (secondary N) is 1. The van der Waals surface area contributed by atoms with Gasteiger partial charge in [0.15, 0.2) is 5.76 Å². The first kappa shape index (κ1) is 33.9. The predicted octanol–water partition coefficient (Wildman–Crippen LogP) is 4.34. The lowest BCUT2D eigenvalue weighted by molar-refractivity contribution is -0.137. The Balaban J connectivity index is 2.05. The number of hydrogen-bond donors (Lipinski definition) is 3. The van der Waals surface area contributed by atoms with E-state index in [1.165, 1.54) is 34.9 Å². The lowest BCUT2D eigenvalue weighted by Crippen LogP contribution is -2.48. The van der Waals surface area contributed by atoms with Crippen LogP contribution in [0.1, 0.15) is 45.9 Å². The molecule has 8 nitrogen and oxygen atoms in total. The lowest BCUT2D eigenvalue weighted by Gasteiger charge is -2.15. The van der Waals surface area contributed by atoms with Gasteiger partial charge in [0.25, 0.3) is 5.56 Å². The number of allylic oxidation sites excluding steroid dienone is 6. The maximum atomic E-state index is 13.9. The van der Waals surface area contributed by atoms with E-state index in [4.69, 9.17) is 14.9 Å². The van der Waals surface area contributed by atoms with Crippen LogP contribution in [0.3, 0.4) is 0 Å². The summed E-state index contributed by atoms with van der Waals surface area (Å²) in [7, 11) is 0. The fraction of sp³-hybridized carbons (Fsp3) is 0.286. The number of nitrogens with zero attached hydrogens (tertiary/aromatic N) is 2. The normalized spacial score (nSPS) is 17.8. The van der Waals surface area contributed by atoms with E-state index in [9.17, 15) is 19.1 Å². The molecule has 0 fully saturated rings. The number of carboxylic acid groups (broad SMARTS) is 1. The molecule has 3 N–H and O–H groups in total. The first-order valence-electron chi connectivity index (χ1n) is 14.5. The van der Waals surface area contributed by atoms with Gasteiger partial charge in [-0.15, -0.1) is 5.48 Å². The van der Waals surface area contributed by atoms with Gasteiger partial charge in [0.05, 0.1) is 22.3 Å². The minimum atomic E-state index is -1.04. The van der Waals surface area contributed by atoms with Gasteiger partial charge in [-0.3, -0.25) is 14.2 Å². The van der Waals surface area contributed by atoms with Gasteiger partial charge in [0.1, 0.15) is 17.7 Å². The van der Waals surface area contributed by atoms with Gasteiger partial charge < -0.3 is 15.1 Å². The van der Waals surface area contributed by atoms with Crippen LogP contribution in [0.25, 0.3) is 17.8 Å². The zero-order valence-electron chi connectivity index (χ0n) is 25.4. The summed E-state index contributed by atoms with van der Waals surface area (Å²) in [6.45, 7) is 13.3. The second-order valence-electron chi connectivity index (χ2n) is 10.3. The number of aliphatic hydroxyl groups is 1. The molecule has 232 valence electrons. The van der Waals surface area contributed by atoms with Crippen molar-refractivity contribution >= 4 is 18.1 Å². The van der Waals surface area contributed by atoms with E-state index in [0.29, 0.717) is 52.7 Å². The molecule has 1 aliphatic heterocycles. The molecule has 0 amide bonds. The molecule has 0 radical (unpaired) electrons. The van der Waals surface area contributed by atoms with Crippen LogP contribution in [-0.4, -0.2) is 37.9 Å². The molecule has 0 saturated heterocycles. The van der Waals surface area contributed by atoms with Crippen LogP contribution in [0.4, 0.5) is 4.39 Å². The van der Waals surface area contributed by atoms with Crippen molar-refractivity contribution in [2.75, 3.05) is 0 Å². The van der Waals surface area contributed by atoms with Crippen molar-refractivity contribution in [1.29, 1.82) is 0 Å². The number of aliphatic carboxylic acids is 1. The number of benzene rings is 1. The Morgan fingerprint density at radius 3 is 2.57 bits per heavy atom. The summed E-state index contributed by atoms with van der Waals surface area (Å²) < 4.78 is 15.1. The number of hydroxylamine groups is 1. The quantitative estimate of drug-likeness (QED) is 0.218. The molecule has 0 spiro atoms. The second kappa shape index (κ2) is 16.3. The predicted molar refractivity (Wildman–Crippen MR) is 171 cm³/mol. The SMILES string of the molecule is C=C/C=c1/c(=O)n(-c2ccc(F)cc2)c(CCCCC(=O)O)n/c1=C/C(C)C1C=C(C(O)/C(C=C)=C/C(/C=C\C)=C/C)ON1. The summed E-state index contributed by atoms with van der Waals surface area (Å²) in [6, 6.07) is 5.20. The molecule has 9 heteroatoms. The number of carboxylic acids is 1. The highest BCUT2D eigenvalue weighted by Crippen LogP contribution is 2.23. The van der Waals surface area contributed by atoms with E-state index in [1.54, 1.807) is 18.2 Å². The average Bonchev–Trinajstić information content (AvgIpc) is 3.50. The Bertz CT molecular complexity index is 1670. The van der Waals surface area contributed by atoms with Gasteiger partial charge in [-0.05, 0) is 86.2 Å². The smallest absolute Gasteiger partial charge is 0.303 e. The highest BCUT2D eigenvalue weighted by atomic mass is 19.1. The molecule has 3 unspecified atom stereocenters. The van der Waals surface area contributed by atoms with Crippen molar-refractivity contribution in [3.05, 3.63) is 129 Å². The van der Waals surface area contributed by atoms with Gasteiger partial charge in [0, 0.05) is 12.8 Å². The third-order valence-corrected chi connectivity index (χ3v) is 7.12. The fourth-order valence-electron chi connectivity index (χ4n) is 4.75. The summed E-state index contributed by atoms with van der Waals surface area (Å²) in [5.74, 6) is -0.818. The van der Waals surface area contributed by atoms with Crippen molar-refractivity contribution in [2.24, 2.45) is 5.92 Å². The Morgan fingerprint density at radius 1 is 1.23 bits per heavy atom. The van der Waals surface area contributed by atoms with Crippen LogP contribution in [0.2, 0.25) is 0 Å². The topological polar surface area (TPSA) is 114 Å². The standard InChI is InChI=1S/C35H40FN3O5/c1-6-12-24(8-3)21-25(9-4)34(42)31-22-29(38-44-31)23(5)20-30-28(13-7-2)35(43)39(27-18-16-26(36)17-19-27)32(37-30)14-10-11-15-33(40)41/h6-9,12-13,16-23,29,34,38,42H,2,4,10-11,14-15H2,1,3,5H3,(H,40,41)/b12-6-,24-8+,25-21+,28-13+,30-20+. The Kier molecular flexibility index (Phi) is 12.6. The van der Waals surface area contributed by atoms with E-state index >= 15 is 0 Å². The number of carbonyl (C=O) groups is 1. The number of rotatable bonds is 14. The number of unbranched alkanes of at least 4 members (excludes halogenated alkanes) is 1. The van der Waals surface area contributed by atoms with Crippen LogP contribution >= 0.6 is 0 Å². The maximum Gasteiger partial charge on any atom is 0.303 e. The van der Waals surface area contributed by atoms with E-state index in [-0.39, 0.29) is 23.9 Å². The molecule has 0 bridgehead atoms. The molecular formula is C35H40FN3O5. The number of halogens is 1.